The summed E-state index contributed by atoms with van der Waals surface area (Å²) < 4.78 is 0. The number of rotatable bonds is 9. The Morgan fingerprint density at radius 1 is 0.842 bits per heavy atom. The van der Waals surface area contributed by atoms with Gasteiger partial charge in [0.15, 0.2) is 5.17 Å². The maximum atomic E-state index is 13.4. The Labute approximate surface area is 225 Å². The monoisotopic (exact) mass is 525 g/mol. The Hall–Kier alpha value is -4.24. The van der Waals surface area contributed by atoms with Crippen molar-refractivity contribution in [2.75, 3.05) is 12.3 Å². The van der Waals surface area contributed by atoms with Crippen LogP contribution in [0.25, 0.3) is 0 Å². The number of benzene rings is 3. The van der Waals surface area contributed by atoms with Crippen molar-refractivity contribution in [2.24, 2.45) is 9.98 Å². The van der Waals surface area contributed by atoms with E-state index in [1.165, 1.54) is 16.7 Å². The van der Waals surface area contributed by atoms with Gasteiger partial charge in [0.25, 0.3) is 5.91 Å². The highest BCUT2D eigenvalue weighted by Crippen LogP contribution is 2.34. The molecule has 0 saturated heterocycles. The summed E-state index contributed by atoms with van der Waals surface area (Å²) in [7, 11) is 0. The number of para-hydroxylation sites is 1. The summed E-state index contributed by atoms with van der Waals surface area (Å²) in [5.41, 5.74) is 3.54. The molecule has 0 saturated carbocycles. The molecule has 0 unspecified atom stereocenters. The molecule has 3 aromatic rings. The molecule has 3 amide bonds. The van der Waals surface area contributed by atoms with Crippen LogP contribution in [0.1, 0.15) is 23.1 Å². The molecule has 8 nitrogen and oxygen atoms in total. The van der Waals surface area contributed by atoms with Gasteiger partial charge < -0.3 is 10.6 Å². The fourth-order valence-corrected chi connectivity index (χ4v) is 5.08. The van der Waals surface area contributed by atoms with Crippen LogP contribution in [-0.4, -0.2) is 52.0 Å². The van der Waals surface area contributed by atoms with E-state index >= 15 is 0 Å². The second kappa shape index (κ2) is 11.9. The lowest BCUT2D eigenvalue weighted by Crippen LogP contribution is -2.42. The molecule has 2 heterocycles. The number of thioether (sulfide) groups is 1. The molecule has 0 aromatic heterocycles. The molecule has 1 atom stereocenters. The molecule has 3 aromatic carbocycles. The normalized spacial score (nSPS) is 15.7. The van der Waals surface area contributed by atoms with Gasteiger partial charge in [0.1, 0.15) is 11.9 Å². The van der Waals surface area contributed by atoms with E-state index in [1.807, 2.05) is 84.9 Å². The average Bonchev–Trinajstić information content (AvgIpc) is 3.27. The number of hydrogen-bond acceptors (Lipinski definition) is 6. The predicted octanol–water partition coefficient (Wildman–Crippen LogP) is 3.44. The van der Waals surface area contributed by atoms with E-state index in [2.05, 4.69) is 20.6 Å². The van der Waals surface area contributed by atoms with Gasteiger partial charge in [-0.05, 0) is 29.7 Å². The zero-order chi connectivity index (χ0) is 26.3. The summed E-state index contributed by atoms with van der Waals surface area (Å²) in [6.07, 6.45) is 0.657. The lowest BCUT2D eigenvalue weighted by atomic mass is 10.1. The standard InChI is InChI=1S/C29H27N5O3S/c35-25(30-16-15-20-9-3-1-4-10-20)17-24-28(37)34-27(32-24)22-13-7-8-14-23(22)33-29(34)38-19-26(36)31-18-21-11-5-2-6-12-21/h1-14,24H,15-19H2,(H,30,35)(H,31,36)/t24-/m0/s1. The van der Waals surface area contributed by atoms with Crippen molar-refractivity contribution in [1.29, 1.82) is 0 Å². The van der Waals surface area contributed by atoms with Crippen LogP contribution in [-0.2, 0) is 27.3 Å². The Morgan fingerprint density at radius 2 is 1.53 bits per heavy atom. The third-order valence-corrected chi connectivity index (χ3v) is 7.11. The summed E-state index contributed by atoms with van der Waals surface area (Å²) in [5.74, 6) is -0.156. The van der Waals surface area contributed by atoms with Gasteiger partial charge in [0.05, 0.1) is 17.9 Å². The average molecular weight is 526 g/mol. The third-order valence-electron chi connectivity index (χ3n) is 6.17. The van der Waals surface area contributed by atoms with E-state index in [4.69, 9.17) is 0 Å². The van der Waals surface area contributed by atoms with Crippen molar-refractivity contribution in [3.05, 3.63) is 102 Å². The summed E-state index contributed by atoms with van der Waals surface area (Å²) in [6, 6.07) is 26.1. The number of hydrogen-bond donors (Lipinski definition) is 2. The minimum absolute atomic E-state index is 0.0503. The van der Waals surface area contributed by atoms with Gasteiger partial charge in [-0.25, -0.2) is 9.89 Å². The molecule has 2 N–H and O–H groups in total. The van der Waals surface area contributed by atoms with Crippen molar-refractivity contribution >= 4 is 46.2 Å². The van der Waals surface area contributed by atoms with E-state index in [9.17, 15) is 14.4 Å². The molecule has 2 aliphatic rings. The van der Waals surface area contributed by atoms with Gasteiger partial charge >= 0.3 is 0 Å². The maximum absolute atomic E-state index is 13.4. The largest absolute Gasteiger partial charge is 0.356 e. The highest BCUT2D eigenvalue weighted by Gasteiger charge is 2.42. The molecule has 192 valence electrons. The van der Waals surface area contributed by atoms with Crippen LogP contribution in [0.4, 0.5) is 5.69 Å². The Balaban J connectivity index is 1.22. The highest BCUT2D eigenvalue weighted by molar-refractivity contribution is 8.14. The molecule has 0 aliphatic carbocycles. The van der Waals surface area contributed by atoms with Gasteiger partial charge in [-0.2, -0.15) is 0 Å². The van der Waals surface area contributed by atoms with Crippen LogP contribution < -0.4 is 10.6 Å². The van der Waals surface area contributed by atoms with Crippen LogP contribution in [0.2, 0.25) is 0 Å². The van der Waals surface area contributed by atoms with E-state index in [0.29, 0.717) is 36.2 Å². The van der Waals surface area contributed by atoms with Gasteiger partial charge in [0, 0.05) is 18.7 Å². The Kier molecular flexibility index (Phi) is 7.94. The number of aliphatic imine (C=N–C) groups is 2. The van der Waals surface area contributed by atoms with Crippen LogP contribution in [0.15, 0.2) is 94.9 Å². The molecular formula is C29H27N5O3S. The number of amides is 3. The fraction of sp³-hybridized carbons (Fsp3) is 0.207. The third kappa shape index (κ3) is 6.00. The van der Waals surface area contributed by atoms with Gasteiger partial charge in [-0.1, -0.05) is 84.6 Å². The molecule has 0 radical (unpaired) electrons. The molecule has 0 fully saturated rings. The molecular weight excluding hydrogens is 498 g/mol. The van der Waals surface area contributed by atoms with Gasteiger partial charge in [-0.3, -0.25) is 19.4 Å². The van der Waals surface area contributed by atoms with Crippen molar-refractivity contribution in [2.45, 2.75) is 25.4 Å². The van der Waals surface area contributed by atoms with Gasteiger partial charge in [0.2, 0.25) is 11.8 Å². The molecule has 0 spiro atoms. The second-order valence-electron chi connectivity index (χ2n) is 8.89. The zero-order valence-corrected chi connectivity index (χ0v) is 21.5. The Morgan fingerprint density at radius 3 is 2.29 bits per heavy atom. The molecule has 2 aliphatic heterocycles. The first-order valence-electron chi connectivity index (χ1n) is 12.4. The maximum Gasteiger partial charge on any atom is 0.259 e. The molecule has 0 bridgehead atoms. The van der Waals surface area contributed by atoms with Crippen LogP contribution >= 0.6 is 11.8 Å². The summed E-state index contributed by atoms with van der Waals surface area (Å²) in [6.45, 7) is 0.903. The van der Waals surface area contributed by atoms with Crippen LogP contribution in [0.5, 0.6) is 0 Å². The molecule has 9 heteroatoms. The second-order valence-corrected chi connectivity index (χ2v) is 9.84. The van der Waals surface area contributed by atoms with E-state index in [1.54, 1.807) is 0 Å². The topological polar surface area (TPSA) is 103 Å². The van der Waals surface area contributed by atoms with E-state index in [-0.39, 0.29) is 29.9 Å². The fourth-order valence-electron chi connectivity index (χ4n) is 4.25. The number of carbonyl (C=O) groups is 3. The van der Waals surface area contributed by atoms with Crippen LogP contribution in [0, 0.1) is 0 Å². The lowest BCUT2D eigenvalue weighted by Gasteiger charge is -2.25. The number of amidine groups is 2. The summed E-state index contributed by atoms with van der Waals surface area (Å²) in [5, 5.41) is 6.17. The van der Waals surface area contributed by atoms with Gasteiger partial charge in [-0.15, -0.1) is 0 Å². The first-order chi connectivity index (χ1) is 18.6. The quantitative estimate of drug-likeness (QED) is 0.447. The smallest absolute Gasteiger partial charge is 0.259 e. The first kappa shape index (κ1) is 25.4. The highest BCUT2D eigenvalue weighted by atomic mass is 32.2. The molecule has 5 rings (SSSR count). The predicted molar refractivity (Wildman–Crippen MR) is 149 cm³/mol. The number of carbonyl (C=O) groups excluding carboxylic acids is 3. The van der Waals surface area contributed by atoms with Crippen molar-refractivity contribution < 1.29 is 14.4 Å². The lowest BCUT2D eigenvalue weighted by molar-refractivity contribution is -0.128. The van der Waals surface area contributed by atoms with Crippen LogP contribution in [0.3, 0.4) is 0 Å². The summed E-state index contributed by atoms with van der Waals surface area (Å²) >= 11 is 1.18. The van der Waals surface area contributed by atoms with Crippen molar-refractivity contribution in [1.82, 2.24) is 15.5 Å². The zero-order valence-electron chi connectivity index (χ0n) is 20.7. The molecule has 38 heavy (non-hydrogen) atoms. The van der Waals surface area contributed by atoms with E-state index < -0.39 is 6.04 Å². The number of nitrogens with zero attached hydrogens (tertiary/aromatic N) is 3. The van der Waals surface area contributed by atoms with Crippen molar-refractivity contribution in [3.63, 3.8) is 0 Å². The van der Waals surface area contributed by atoms with Crippen molar-refractivity contribution in [3.8, 4) is 0 Å². The Bertz CT molecular complexity index is 1390. The van der Waals surface area contributed by atoms with E-state index in [0.717, 1.165) is 16.7 Å². The SMILES string of the molecule is O=C(CSC1=Nc2ccccc2C2=N[C@@H](CC(=O)NCCc3ccccc3)C(=O)N12)NCc1ccccc1. The number of nitrogens with one attached hydrogen (secondary N) is 2. The first-order valence-corrected chi connectivity index (χ1v) is 13.4. The summed E-state index contributed by atoms with van der Waals surface area (Å²) in [4.78, 5) is 49.3. The minimum Gasteiger partial charge on any atom is -0.356 e. The minimum atomic E-state index is -0.842. The number of fused-ring (bicyclic) bond motifs is 3.